The van der Waals surface area contributed by atoms with Crippen molar-refractivity contribution in [3.05, 3.63) is 59.2 Å². The Morgan fingerprint density at radius 3 is 2.91 bits per heavy atom. The second kappa shape index (κ2) is 6.56. The average Bonchev–Trinajstić information content (AvgIpc) is 2.55. The van der Waals surface area contributed by atoms with Crippen LogP contribution in [0.4, 0.5) is 10.1 Å². The maximum absolute atomic E-state index is 12.8. The molecule has 0 aliphatic heterocycles. The van der Waals surface area contributed by atoms with E-state index < -0.39 is 0 Å². The molecule has 1 aliphatic carbocycles. The van der Waals surface area contributed by atoms with Crippen LogP contribution in [0, 0.1) is 5.82 Å². The third-order valence-electron chi connectivity index (χ3n) is 3.86. The zero-order chi connectivity index (χ0) is 15.4. The largest absolute Gasteiger partial charge is 0.370 e. The van der Waals surface area contributed by atoms with Crippen molar-refractivity contribution >= 4 is 11.6 Å². The monoisotopic (exact) mass is 298 g/mol. The summed E-state index contributed by atoms with van der Waals surface area (Å²) in [4.78, 5) is 8.23. The number of fused-ring (bicyclic) bond motifs is 1. The van der Waals surface area contributed by atoms with Crippen LogP contribution in [0.2, 0.25) is 0 Å². The lowest BCUT2D eigenvalue weighted by molar-refractivity contribution is 0.619. The second-order valence-corrected chi connectivity index (χ2v) is 5.44. The Labute approximate surface area is 129 Å². The summed E-state index contributed by atoms with van der Waals surface area (Å²) in [5.74, 6) is -0.000150. The van der Waals surface area contributed by atoms with E-state index in [1.54, 1.807) is 6.07 Å². The fraction of sp³-hybridized carbons (Fsp3) is 0.294. The van der Waals surface area contributed by atoms with Gasteiger partial charge < -0.3 is 11.1 Å². The van der Waals surface area contributed by atoms with Crippen molar-refractivity contribution in [1.29, 1.82) is 0 Å². The molecule has 0 radical (unpaired) electrons. The molecule has 5 heteroatoms. The lowest BCUT2D eigenvalue weighted by Gasteiger charge is -2.19. The maximum Gasteiger partial charge on any atom is 0.193 e. The van der Waals surface area contributed by atoms with E-state index in [-0.39, 0.29) is 5.82 Å². The molecule has 22 heavy (non-hydrogen) atoms. The van der Waals surface area contributed by atoms with Gasteiger partial charge in [-0.2, -0.15) is 0 Å². The average molecular weight is 298 g/mol. The van der Waals surface area contributed by atoms with Gasteiger partial charge in [0.1, 0.15) is 5.82 Å². The van der Waals surface area contributed by atoms with Gasteiger partial charge in [-0.25, -0.2) is 9.38 Å². The van der Waals surface area contributed by atoms with Crippen molar-refractivity contribution in [2.24, 2.45) is 10.7 Å². The predicted octanol–water partition coefficient (Wildman–Crippen LogP) is 3.03. The van der Waals surface area contributed by atoms with Crippen LogP contribution in [-0.2, 0) is 19.4 Å². The van der Waals surface area contributed by atoms with Gasteiger partial charge in [0.15, 0.2) is 5.96 Å². The number of pyridine rings is 1. The molecule has 114 valence electrons. The zero-order valence-electron chi connectivity index (χ0n) is 12.3. The first kappa shape index (κ1) is 14.5. The summed E-state index contributed by atoms with van der Waals surface area (Å²) in [5.41, 5.74) is 10.4. The van der Waals surface area contributed by atoms with E-state index in [1.165, 1.54) is 36.2 Å². The molecule has 2 aromatic rings. The summed E-state index contributed by atoms with van der Waals surface area (Å²) in [6.45, 7) is 0.328. The number of rotatable bonds is 3. The Morgan fingerprint density at radius 2 is 2.09 bits per heavy atom. The molecule has 0 unspecified atom stereocenters. The zero-order valence-corrected chi connectivity index (χ0v) is 12.3. The van der Waals surface area contributed by atoms with Crippen molar-refractivity contribution in [3.63, 3.8) is 0 Å². The number of anilines is 1. The van der Waals surface area contributed by atoms with E-state index in [0.29, 0.717) is 18.2 Å². The fourth-order valence-corrected chi connectivity index (χ4v) is 2.74. The first-order valence-electron chi connectivity index (χ1n) is 7.50. The van der Waals surface area contributed by atoms with Gasteiger partial charge in [-0.3, -0.25) is 4.98 Å². The quantitative estimate of drug-likeness (QED) is 0.676. The molecule has 1 aromatic heterocycles. The minimum absolute atomic E-state index is 0.328. The molecule has 3 N–H and O–H groups in total. The number of nitrogens with one attached hydrogen (secondary N) is 1. The van der Waals surface area contributed by atoms with Gasteiger partial charge in [-0.05, 0) is 55.0 Å². The third-order valence-corrected chi connectivity index (χ3v) is 3.86. The van der Waals surface area contributed by atoms with E-state index in [2.05, 4.69) is 21.4 Å². The number of benzene rings is 1. The fourth-order valence-electron chi connectivity index (χ4n) is 2.74. The van der Waals surface area contributed by atoms with Crippen LogP contribution in [0.5, 0.6) is 0 Å². The van der Waals surface area contributed by atoms with Crippen LogP contribution in [0.3, 0.4) is 0 Å². The number of nitrogens with zero attached hydrogens (tertiary/aromatic N) is 2. The van der Waals surface area contributed by atoms with Crippen LogP contribution >= 0.6 is 0 Å². The molecule has 3 rings (SSSR count). The van der Waals surface area contributed by atoms with E-state index in [0.717, 1.165) is 18.5 Å². The summed E-state index contributed by atoms with van der Waals surface area (Å²) in [6, 6.07) is 9.23. The summed E-state index contributed by atoms with van der Waals surface area (Å²) in [5, 5.41) is 3.18. The van der Waals surface area contributed by atoms with Gasteiger partial charge in [-0.1, -0.05) is 12.1 Å². The second-order valence-electron chi connectivity index (χ2n) is 5.44. The molecule has 0 bridgehead atoms. The minimum Gasteiger partial charge on any atom is -0.370 e. The summed E-state index contributed by atoms with van der Waals surface area (Å²) in [6.07, 6.45) is 5.84. The highest BCUT2D eigenvalue weighted by Gasteiger charge is 2.13. The van der Waals surface area contributed by atoms with Crippen LogP contribution in [-0.4, -0.2) is 10.9 Å². The number of aliphatic imine (C=N–C) groups is 1. The van der Waals surface area contributed by atoms with Gasteiger partial charge >= 0.3 is 0 Å². The lowest BCUT2D eigenvalue weighted by atomic mass is 9.90. The maximum atomic E-state index is 12.8. The van der Waals surface area contributed by atoms with Crippen molar-refractivity contribution < 1.29 is 4.39 Å². The highest BCUT2D eigenvalue weighted by atomic mass is 19.1. The molecule has 0 fully saturated rings. The number of nitrogens with two attached hydrogens (primary N) is 1. The smallest absolute Gasteiger partial charge is 0.193 e. The number of hydrogen-bond acceptors (Lipinski definition) is 2. The van der Waals surface area contributed by atoms with E-state index in [9.17, 15) is 4.39 Å². The molecule has 1 heterocycles. The first-order valence-corrected chi connectivity index (χ1v) is 7.50. The van der Waals surface area contributed by atoms with Gasteiger partial charge in [0.25, 0.3) is 0 Å². The van der Waals surface area contributed by atoms with E-state index in [1.807, 2.05) is 12.1 Å². The van der Waals surface area contributed by atoms with Gasteiger partial charge in [0.05, 0.1) is 18.4 Å². The summed E-state index contributed by atoms with van der Waals surface area (Å²) >= 11 is 0. The summed E-state index contributed by atoms with van der Waals surface area (Å²) in [7, 11) is 0. The Bertz CT molecular complexity index is 680. The van der Waals surface area contributed by atoms with Crippen LogP contribution in [0.25, 0.3) is 0 Å². The molecular formula is C17H19FN4. The van der Waals surface area contributed by atoms with Crippen LogP contribution in [0.1, 0.15) is 29.7 Å². The highest BCUT2D eigenvalue weighted by Crippen LogP contribution is 2.27. The molecule has 0 spiro atoms. The number of halogens is 1. The minimum atomic E-state index is -0.352. The SMILES string of the molecule is NC(=NCc1ccc(F)cn1)Nc1cccc2c1CCCC2. The lowest BCUT2D eigenvalue weighted by Crippen LogP contribution is -2.24. The van der Waals surface area contributed by atoms with Crippen molar-refractivity contribution in [2.45, 2.75) is 32.2 Å². The van der Waals surface area contributed by atoms with Crippen LogP contribution in [0.15, 0.2) is 41.5 Å². The molecule has 0 amide bonds. The molecule has 0 saturated heterocycles. The number of aromatic nitrogens is 1. The molecule has 1 aromatic carbocycles. The topological polar surface area (TPSA) is 63.3 Å². The summed E-state index contributed by atoms with van der Waals surface area (Å²) < 4.78 is 12.8. The van der Waals surface area contributed by atoms with E-state index in [4.69, 9.17) is 5.73 Å². The Morgan fingerprint density at radius 1 is 1.23 bits per heavy atom. The first-order chi connectivity index (χ1) is 10.7. The van der Waals surface area contributed by atoms with Crippen molar-refractivity contribution in [1.82, 2.24) is 4.98 Å². The van der Waals surface area contributed by atoms with Gasteiger partial charge in [-0.15, -0.1) is 0 Å². The van der Waals surface area contributed by atoms with Gasteiger partial charge in [0, 0.05) is 5.69 Å². The normalized spacial score (nSPS) is 14.5. The predicted molar refractivity (Wildman–Crippen MR) is 86.2 cm³/mol. The molecule has 0 atom stereocenters. The number of aryl methyl sites for hydroxylation is 1. The Hall–Kier alpha value is -2.43. The molecule has 1 aliphatic rings. The molecule has 4 nitrogen and oxygen atoms in total. The van der Waals surface area contributed by atoms with Crippen molar-refractivity contribution in [2.75, 3.05) is 5.32 Å². The number of hydrogen-bond donors (Lipinski definition) is 2. The third kappa shape index (κ3) is 3.42. The Balaban J connectivity index is 1.70. The van der Waals surface area contributed by atoms with Crippen molar-refractivity contribution in [3.8, 4) is 0 Å². The number of guanidine groups is 1. The van der Waals surface area contributed by atoms with Gasteiger partial charge in [0.2, 0.25) is 0 Å². The molecular weight excluding hydrogens is 279 g/mol. The Kier molecular flexibility index (Phi) is 4.32. The molecule has 0 saturated carbocycles. The standard InChI is InChI=1S/C17H19FN4/c18-13-8-9-14(20-10-13)11-21-17(19)22-16-7-3-5-12-4-1-2-6-15(12)16/h3,5,7-10H,1-2,4,6,11H2,(H3,19,21,22). The van der Waals surface area contributed by atoms with E-state index >= 15 is 0 Å². The van der Waals surface area contributed by atoms with Crippen LogP contribution < -0.4 is 11.1 Å². The highest BCUT2D eigenvalue weighted by molar-refractivity contribution is 5.93.